The molecule has 0 bridgehead atoms. The van der Waals surface area contributed by atoms with Gasteiger partial charge in [0, 0.05) is 25.2 Å². The summed E-state index contributed by atoms with van der Waals surface area (Å²) < 4.78 is 21.8. The molecule has 30 heavy (non-hydrogen) atoms. The number of rotatable bonds is 5. The number of nitrogens with one attached hydrogen (secondary N) is 1. The highest BCUT2D eigenvalue weighted by Crippen LogP contribution is 2.45. The number of hydrogen-bond donors (Lipinski definition) is 2. The molecular weight excluding hydrogens is 389 g/mol. The largest absolute Gasteiger partial charge is 0.478 e. The number of hydrogen-bond acceptors (Lipinski definition) is 6. The summed E-state index contributed by atoms with van der Waals surface area (Å²) in [5, 5.41) is 13.0. The van der Waals surface area contributed by atoms with Gasteiger partial charge in [0.1, 0.15) is 11.7 Å². The first kappa shape index (κ1) is 20.4. The number of carbonyl (C=O) groups excluding carboxylic acids is 1. The van der Waals surface area contributed by atoms with Gasteiger partial charge >= 0.3 is 5.97 Å². The van der Waals surface area contributed by atoms with Gasteiger partial charge in [0.05, 0.1) is 30.3 Å². The van der Waals surface area contributed by atoms with Crippen LogP contribution in [0.4, 0.5) is 4.39 Å². The summed E-state index contributed by atoms with van der Waals surface area (Å²) in [4.78, 5) is 29.1. The predicted octanol–water partition coefficient (Wildman–Crippen LogP) is 1.33. The van der Waals surface area contributed by atoms with Crippen LogP contribution >= 0.6 is 0 Å². The molecule has 7 unspecified atom stereocenters. The van der Waals surface area contributed by atoms with E-state index in [-0.39, 0.29) is 30.2 Å². The Morgan fingerprint density at radius 1 is 1.23 bits per heavy atom. The van der Waals surface area contributed by atoms with Gasteiger partial charge in [-0.1, -0.05) is 12.8 Å². The summed E-state index contributed by atoms with van der Waals surface area (Å²) in [7, 11) is 0. The van der Waals surface area contributed by atoms with Crippen LogP contribution in [-0.2, 0) is 14.3 Å². The third kappa shape index (κ3) is 3.46. The number of halogens is 1. The summed E-state index contributed by atoms with van der Waals surface area (Å²) in [5.74, 6) is -2.31. The average Bonchev–Trinajstić information content (AvgIpc) is 3.25. The van der Waals surface area contributed by atoms with E-state index >= 15 is 4.39 Å². The predicted molar refractivity (Wildman–Crippen MR) is 108 cm³/mol. The van der Waals surface area contributed by atoms with Crippen molar-refractivity contribution in [3.05, 3.63) is 11.8 Å². The van der Waals surface area contributed by atoms with Gasteiger partial charge in [-0.25, -0.2) is 9.18 Å². The molecule has 0 aromatic rings. The Balaban J connectivity index is 1.40. The Morgan fingerprint density at radius 2 is 2.00 bits per heavy atom. The molecule has 166 valence electrons. The van der Waals surface area contributed by atoms with Crippen LogP contribution in [-0.4, -0.2) is 89.3 Å². The third-order valence-electron chi connectivity index (χ3n) is 7.82. The maximum Gasteiger partial charge on any atom is 0.340 e. The highest BCUT2D eigenvalue weighted by atomic mass is 19.1. The fourth-order valence-electron chi connectivity index (χ4n) is 6.37. The molecule has 0 aromatic carbocycles. The minimum Gasteiger partial charge on any atom is -0.478 e. The molecule has 5 aliphatic rings. The van der Waals surface area contributed by atoms with Crippen LogP contribution in [0.2, 0.25) is 0 Å². The highest BCUT2D eigenvalue weighted by Gasteiger charge is 2.58. The van der Waals surface area contributed by atoms with Crippen LogP contribution in [0.1, 0.15) is 44.9 Å². The fraction of sp³-hybridized carbons (Fsp3) is 0.818. The second kappa shape index (κ2) is 8.20. The van der Waals surface area contributed by atoms with Gasteiger partial charge in [-0.2, -0.15) is 0 Å². The molecule has 0 amide bonds. The molecule has 8 heteroatoms. The van der Waals surface area contributed by atoms with E-state index in [1.54, 1.807) is 6.20 Å². The number of carboxylic acid groups (broad SMARTS) is 1. The van der Waals surface area contributed by atoms with E-state index in [9.17, 15) is 14.7 Å². The summed E-state index contributed by atoms with van der Waals surface area (Å²) in [5.41, 5.74) is -0.200. The third-order valence-corrected chi connectivity index (χ3v) is 7.82. The smallest absolute Gasteiger partial charge is 0.340 e. The molecular formula is C22H32FN3O4. The van der Waals surface area contributed by atoms with E-state index in [1.165, 1.54) is 12.8 Å². The van der Waals surface area contributed by atoms with Gasteiger partial charge in [-0.05, 0) is 45.2 Å². The maximum atomic E-state index is 15.3. The van der Waals surface area contributed by atoms with E-state index in [0.717, 1.165) is 45.3 Å². The number of Topliss-reactive ketones (excluding diaryl/α,β-unsaturated/α-hetero) is 1. The maximum absolute atomic E-state index is 15.3. The average molecular weight is 422 g/mol. The molecule has 2 saturated heterocycles. The van der Waals surface area contributed by atoms with Crippen molar-refractivity contribution in [2.24, 2.45) is 5.92 Å². The van der Waals surface area contributed by atoms with Crippen molar-refractivity contribution < 1.29 is 23.8 Å². The Labute approximate surface area is 176 Å². The summed E-state index contributed by atoms with van der Waals surface area (Å²) in [6, 6.07) is -0.672. The molecule has 0 radical (unpaired) electrons. The van der Waals surface area contributed by atoms with Crippen molar-refractivity contribution >= 4 is 11.8 Å². The summed E-state index contributed by atoms with van der Waals surface area (Å²) in [6.45, 7) is 3.79. The van der Waals surface area contributed by atoms with E-state index in [4.69, 9.17) is 4.74 Å². The van der Waals surface area contributed by atoms with Crippen LogP contribution in [0.15, 0.2) is 11.8 Å². The number of alkyl halides is 1. The molecule has 3 heterocycles. The molecule has 5 rings (SSSR count). The number of morpholine rings is 1. The Morgan fingerprint density at radius 3 is 2.77 bits per heavy atom. The Bertz CT molecular complexity index is 725. The first-order chi connectivity index (χ1) is 14.5. The number of aliphatic carboxylic acids is 1. The number of likely N-dealkylation sites (tertiary alicyclic amines) is 1. The molecule has 3 aliphatic heterocycles. The lowest BCUT2D eigenvalue weighted by molar-refractivity contribution is -0.197. The summed E-state index contributed by atoms with van der Waals surface area (Å²) >= 11 is 0. The molecule has 0 aromatic heterocycles. The second-order valence-electron chi connectivity index (χ2n) is 9.53. The topological polar surface area (TPSA) is 82.1 Å². The number of nitrogens with zero attached hydrogens (tertiary/aromatic N) is 2. The number of carbonyl (C=O) groups is 2. The number of ether oxygens (including phenoxy) is 1. The van der Waals surface area contributed by atoms with Crippen LogP contribution in [0, 0.1) is 5.92 Å². The molecule has 7 nitrogen and oxygen atoms in total. The van der Waals surface area contributed by atoms with Gasteiger partial charge in [0.15, 0.2) is 5.78 Å². The zero-order valence-electron chi connectivity index (χ0n) is 17.3. The second-order valence-corrected chi connectivity index (χ2v) is 9.53. The normalized spacial score (nSPS) is 41.2. The van der Waals surface area contributed by atoms with E-state index < -0.39 is 36.0 Å². The number of carboxylic acids is 1. The van der Waals surface area contributed by atoms with Crippen LogP contribution < -0.4 is 5.32 Å². The van der Waals surface area contributed by atoms with Crippen LogP contribution in [0.25, 0.3) is 0 Å². The number of ketones is 1. The first-order valence-electron chi connectivity index (χ1n) is 11.6. The Kier molecular flexibility index (Phi) is 5.58. The molecule has 0 spiro atoms. The van der Waals surface area contributed by atoms with Gasteiger partial charge in [-0.3, -0.25) is 4.79 Å². The minimum atomic E-state index is -1.23. The van der Waals surface area contributed by atoms with Crippen molar-refractivity contribution in [1.82, 2.24) is 15.1 Å². The molecule has 2 aliphatic carbocycles. The lowest BCUT2D eigenvalue weighted by Crippen LogP contribution is -2.72. The van der Waals surface area contributed by atoms with Crippen molar-refractivity contribution in [3.63, 3.8) is 0 Å². The molecule has 2 N–H and O–H groups in total. The quantitative estimate of drug-likeness (QED) is 0.648. The molecule has 2 saturated carbocycles. The van der Waals surface area contributed by atoms with E-state index in [0.29, 0.717) is 6.54 Å². The minimum absolute atomic E-state index is 0.0340. The monoisotopic (exact) mass is 421 g/mol. The van der Waals surface area contributed by atoms with Gasteiger partial charge in [0.2, 0.25) is 0 Å². The van der Waals surface area contributed by atoms with Crippen molar-refractivity contribution in [2.45, 2.75) is 81.5 Å². The zero-order valence-corrected chi connectivity index (χ0v) is 17.3. The van der Waals surface area contributed by atoms with Crippen LogP contribution in [0.3, 0.4) is 0 Å². The lowest BCUT2D eigenvalue weighted by Gasteiger charge is -2.59. The highest BCUT2D eigenvalue weighted by molar-refractivity contribution is 6.18. The molecule has 7 atom stereocenters. The van der Waals surface area contributed by atoms with Crippen LogP contribution in [0.5, 0.6) is 0 Å². The van der Waals surface area contributed by atoms with E-state index in [1.807, 2.05) is 0 Å². The van der Waals surface area contributed by atoms with Gasteiger partial charge < -0.3 is 25.0 Å². The SMILES string of the molecule is O=C(O)C1=CN2C3CCCCC3OC3C(NCCN4CCCC4)C(F)CC(C1=O)C32. The van der Waals surface area contributed by atoms with E-state index in [2.05, 4.69) is 15.1 Å². The van der Waals surface area contributed by atoms with Crippen molar-refractivity contribution in [3.8, 4) is 0 Å². The number of fused-ring (bicyclic) bond motifs is 2. The molecule has 4 fully saturated rings. The van der Waals surface area contributed by atoms with Gasteiger partial charge in [-0.15, -0.1) is 0 Å². The Hall–Kier alpha value is -1.51. The lowest BCUT2D eigenvalue weighted by atomic mass is 9.70. The standard InChI is InChI=1S/C22H32FN3O4/c23-15-11-13-19-21(18(15)24-7-10-25-8-3-4-9-25)30-17-6-2-1-5-16(17)26(19)12-14(20(13)27)22(28)29/h12-13,15-19,21,24H,1-11H2,(H,28,29). The summed E-state index contributed by atoms with van der Waals surface area (Å²) in [6.07, 6.45) is 6.31. The first-order valence-corrected chi connectivity index (χ1v) is 11.6. The fourth-order valence-corrected chi connectivity index (χ4v) is 6.37. The zero-order chi connectivity index (χ0) is 20.8. The van der Waals surface area contributed by atoms with Gasteiger partial charge in [0.25, 0.3) is 0 Å². The van der Waals surface area contributed by atoms with Crippen molar-refractivity contribution in [2.75, 3.05) is 26.2 Å². The van der Waals surface area contributed by atoms with Crippen molar-refractivity contribution in [1.29, 1.82) is 0 Å².